The van der Waals surface area contributed by atoms with E-state index in [2.05, 4.69) is 71.6 Å². The molecule has 296 valence electrons. The maximum absolute atomic E-state index is 13.6. The zero-order valence-corrected chi connectivity index (χ0v) is 36.0. The van der Waals surface area contributed by atoms with E-state index in [1.165, 1.54) is 13.8 Å². The van der Waals surface area contributed by atoms with E-state index in [1.54, 1.807) is 27.7 Å². The van der Waals surface area contributed by atoms with Gasteiger partial charge in [0.2, 0.25) is 0 Å². The maximum atomic E-state index is 13.6. The molecule has 0 radical (unpaired) electrons. The molecule has 0 fully saturated rings. The summed E-state index contributed by atoms with van der Waals surface area (Å²) >= 11 is 0. The summed E-state index contributed by atoms with van der Waals surface area (Å²) in [5, 5.41) is 10.4. The van der Waals surface area contributed by atoms with Gasteiger partial charge in [-0.15, -0.1) is 9.24 Å². The van der Waals surface area contributed by atoms with Gasteiger partial charge in [0.25, 0.3) is 0 Å². The van der Waals surface area contributed by atoms with Crippen molar-refractivity contribution in [3.05, 3.63) is 0 Å². The van der Waals surface area contributed by atoms with Crippen molar-refractivity contribution in [3.8, 4) is 0 Å². The van der Waals surface area contributed by atoms with Crippen molar-refractivity contribution in [2.75, 3.05) is 39.6 Å². The molecule has 49 heavy (non-hydrogen) atoms. The summed E-state index contributed by atoms with van der Waals surface area (Å²) in [4.78, 5) is 0. The number of alkyl halides is 3. The van der Waals surface area contributed by atoms with Crippen molar-refractivity contribution in [1.29, 1.82) is 0 Å². The Morgan fingerprint density at radius 2 is 1.10 bits per heavy atom. The minimum Gasteiger partial charge on any atom is -0.390 e. The van der Waals surface area contributed by atoms with Crippen LogP contribution in [0.25, 0.3) is 0 Å². The summed E-state index contributed by atoms with van der Waals surface area (Å²) in [5.41, 5.74) is -5.69. The van der Waals surface area contributed by atoms with E-state index < -0.39 is 38.8 Å². The smallest absolute Gasteiger partial charge is 0.390 e. The van der Waals surface area contributed by atoms with Crippen molar-refractivity contribution in [3.63, 3.8) is 0 Å². The molecule has 0 heterocycles. The first-order valence-corrected chi connectivity index (χ1v) is 18.6. The van der Waals surface area contributed by atoms with Gasteiger partial charge in [0, 0.05) is 22.6 Å². The van der Waals surface area contributed by atoms with Crippen molar-refractivity contribution in [1.82, 2.24) is 0 Å². The molecule has 0 saturated heterocycles. The molecular formula is C39H78F3O6P. The van der Waals surface area contributed by atoms with Gasteiger partial charge in [-0.25, -0.2) is 0 Å². The standard InChI is InChI=1S/C39H78F3O6P/c1-29(2)45-26-37(17,27-47-34(12,13)19-20-46-30(3,4)5)23-38(18,49)35(14,15)48-28-36(16,22-33(10,11)43)25-44-24-31(6,7)21-32(8,9)39(40,41)42/h29,43H,19-28,49H2,1-18H3. The van der Waals surface area contributed by atoms with Crippen LogP contribution in [-0.4, -0.2) is 84.6 Å². The molecule has 10 heteroatoms. The summed E-state index contributed by atoms with van der Waals surface area (Å²) in [5.74, 6) is 0. The van der Waals surface area contributed by atoms with E-state index in [0.717, 1.165) is 12.8 Å². The molecule has 4 unspecified atom stereocenters. The highest BCUT2D eigenvalue weighted by atomic mass is 31.0. The van der Waals surface area contributed by atoms with Crippen LogP contribution in [0, 0.1) is 21.7 Å². The van der Waals surface area contributed by atoms with Crippen LogP contribution >= 0.6 is 9.24 Å². The molecule has 0 aromatic carbocycles. The summed E-state index contributed by atoms with van der Waals surface area (Å²) in [6.07, 6.45) is -2.42. The Balaban J connectivity index is 5.88. The fraction of sp³-hybridized carbons (Fsp3) is 1.00. The lowest BCUT2D eigenvalue weighted by atomic mass is 9.75. The molecule has 0 saturated carbocycles. The van der Waals surface area contributed by atoms with Gasteiger partial charge >= 0.3 is 6.18 Å². The van der Waals surface area contributed by atoms with Crippen LogP contribution in [0.2, 0.25) is 0 Å². The van der Waals surface area contributed by atoms with Gasteiger partial charge in [0.15, 0.2) is 0 Å². The second-order valence-corrected chi connectivity index (χ2v) is 21.6. The number of hydrogen-bond donors (Lipinski definition) is 1. The third kappa shape index (κ3) is 19.6. The van der Waals surface area contributed by atoms with E-state index in [4.69, 9.17) is 23.7 Å². The van der Waals surface area contributed by atoms with Crippen LogP contribution in [0.1, 0.15) is 150 Å². The second kappa shape index (κ2) is 17.4. The molecule has 0 bridgehead atoms. The quantitative estimate of drug-likeness (QED) is 0.106. The first kappa shape index (κ1) is 49.0. The van der Waals surface area contributed by atoms with Gasteiger partial charge in [0.05, 0.1) is 67.0 Å². The normalized spacial score (nSPS) is 18.4. The number of halogens is 3. The summed E-state index contributed by atoms with van der Waals surface area (Å²) in [6.45, 7) is 36.8. The van der Waals surface area contributed by atoms with Crippen LogP contribution in [0.5, 0.6) is 0 Å². The number of hydrogen-bond acceptors (Lipinski definition) is 6. The SMILES string of the molecule is CC(C)OCC(C)(COC(C)(C)CCOC(C)(C)C)CC(C)(P)C(C)(C)OCC(C)(COCC(C)(C)CC(C)(C)C(F)(F)F)CC(C)(C)O. The fourth-order valence-corrected chi connectivity index (χ4v) is 6.86. The second-order valence-electron chi connectivity index (χ2n) is 20.3. The molecule has 0 aliphatic rings. The van der Waals surface area contributed by atoms with E-state index in [1.807, 2.05) is 20.8 Å². The number of rotatable bonds is 23. The summed E-state index contributed by atoms with van der Waals surface area (Å²) < 4.78 is 72.5. The summed E-state index contributed by atoms with van der Waals surface area (Å²) in [7, 11) is 3.03. The van der Waals surface area contributed by atoms with Gasteiger partial charge < -0.3 is 28.8 Å². The molecule has 0 aliphatic carbocycles. The van der Waals surface area contributed by atoms with Crippen molar-refractivity contribution >= 4 is 9.24 Å². The topological polar surface area (TPSA) is 66.4 Å². The largest absolute Gasteiger partial charge is 0.393 e. The first-order chi connectivity index (χ1) is 21.4. The molecule has 1 N–H and O–H groups in total. The Hall–Kier alpha value is -0.0200. The average molecular weight is 731 g/mol. The van der Waals surface area contributed by atoms with E-state index in [9.17, 15) is 18.3 Å². The molecular weight excluding hydrogens is 652 g/mol. The Kier molecular flexibility index (Phi) is 17.4. The van der Waals surface area contributed by atoms with Crippen LogP contribution in [0.15, 0.2) is 0 Å². The molecule has 0 spiro atoms. The highest BCUT2D eigenvalue weighted by molar-refractivity contribution is 7.19. The van der Waals surface area contributed by atoms with Crippen molar-refractivity contribution < 1.29 is 42.0 Å². The average Bonchev–Trinajstić information content (AvgIpc) is 2.81. The van der Waals surface area contributed by atoms with Crippen LogP contribution in [-0.2, 0) is 23.7 Å². The monoisotopic (exact) mass is 731 g/mol. The molecule has 0 aliphatic heterocycles. The molecule has 0 amide bonds. The third-order valence-electron chi connectivity index (χ3n) is 9.26. The predicted octanol–water partition coefficient (Wildman–Crippen LogP) is 10.4. The molecule has 4 atom stereocenters. The highest BCUT2D eigenvalue weighted by Gasteiger charge is 2.50. The zero-order valence-electron chi connectivity index (χ0n) is 34.8. The molecule has 0 aromatic heterocycles. The Labute approximate surface area is 302 Å². The highest BCUT2D eigenvalue weighted by Crippen LogP contribution is 2.47. The van der Waals surface area contributed by atoms with Gasteiger partial charge in [0.1, 0.15) is 0 Å². The third-order valence-corrected chi connectivity index (χ3v) is 10.2. The maximum Gasteiger partial charge on any atom is 0.393 e. The summed E-state index contributed by atoms with van der Waals surface area (Å²) in [6, 6.07) is 0. The van der Waals surface area contributed by atoms with Crippen LogP contribution in [0.3, 0.4) is 0 Å². The first-order valence-electron chi connectivity index (χ1n) is 18.1. The van der Waals surface area contributed by atoms with Gasteiger partial charge in [-0.3, -0.25) is 0 Å². The lowest BCUT2D eigenvalue weighted by Gasteiger charge is -2.48. The molecule has 0 aromatic rings. The molecule has 6 nitrogen and oxygen atoms in total. The van der Waals surface area contributed by atoms with E-state index in [0.29, 0.717) is 32.8 Å². The Morgan fingerprint density at radius 1 is 0.612 bits per heavy atom. The van der Waals surface area contributed by atoms with Crippen molar-refractivity contribution in [2.45, 2.75) is 190 Å². The lowest BCUT2D eigenvalue weighted by molar-refractivity contribution is -0.223. The van der Waals surface area contributed by atoms with Gasteiger partial charge in [-0.2, -0.15) is 13.2 Å². The van der Waals surface area contributed by atoms with E-state index >= 15 is 0 Å². The molecule has 0 rings (SSSR count). The zero-order chi connectivity index (χ0) is 39.2. The Morgan fingerprint density at radius 3 is 1.55 bits per heavy atom. The van der Waals surface area contributed by atoms with Crippen LogP contribution in [0.4, 0.5) is 13.2 Å². The number of ether oxygens (including phenoxy) is 5. The van der Waals surface area contributed by atoms with Gasteiger partial charge in [-0.1, -0.05) is 48.5 Å². The minimum absolute atomic E-state index is 0.0640. The van der Waals surface area contributed by atoms with E-state index in [-0.39, 0.29) is 42.4 Å². The van der Waals surface area contributed by atoms with Gasteiger partial charge in [-0.05, 0) is 107 Å². The minimum atomic E-state index is -4.30. The predicted molar refractivity (Wildman–Crippen MR) is 200 cm³/mol. The fourth-order valence-electron chi connectivity index (χ4n) is 6.28. The van der Waals surface area contributed by atoms with Crippen LogP contribution < -0.4 is 0 Å². The lowest BCUT2D eigenvalue weighted by Crippen LogP contribution is -2.52. The number of aliphatic hydroxyl groups is 1. The Bertz CT molecular complexity index is 979. The van der Waals surface area contributed by atoms with Crippen molar-refractivity contribution in [2.24, 2.45) is 21.7 Å².